The first-order chi connectivity index (χ1) is 9.78. The van der Waals surface area contributed by atoms with E-state index in [1.54, 1.807) is 11.8 Å². The fourth-order valence-corrected chi connectivity index (χ4v) is 3.23. The lowest BCUT2D eigenvalue weighted by atomic mass is 10.1. The molecule has 0 radical (unpaired) electrons. The van der Waals surface area contributed by atoms with Crippen LogP contribution in [0.2, 0.25) is 0 Å². The average molecular weight is 284 g/mol. The molecule has 2 aromatic carbocycles. The van der Waals surface area contributed by atoms with Gasteiger partial charge in [0.15, 0.2) is 5.58 Å². The minimum atomic E-state index is 0.157. The van der Waals surface area contributed by atoms with Crippen LogP contribution in [0.5, 0.6) is 0 Å². The summed E-state index contributed by atoms with van der Waals surface area (Å²) in [5.41, 5.74) is 10.1. The molecule has 1 heterocycles. The molecule has 1 unspecified atom stereocenters. The molecule has 1 atom stereocenters. The van der Waals surface area contributed by atoms with Gasteiger partial charge in [0.25, 0.3) is 5.22 Å². The Morgan fingerprint density at radius 3 is 2.65 bits per heavy atom. The molecule has 1 aromatic heterocycles. The lowest BCUT2D eigenvalue weighted by Crippen LogP contribution is -2.10. The van der Waals surface area contributed by atoms with Crippen LogP contribution in [-0.4, -0.2) is 11.5 Å². The number of oxazole rings is 1. The zero-order chi connectivity index (χ0) is 13.9. The van der Waals surface area contributed by atoms with Crippen LogP contribution in [0.15, 0.2) is 58.2 Å². The number of aryl methyl sites for hydroxylation is 1. The number of hydrogen-bond donors (Lipinski definition) is 1. The van der Waals surface area contributed by atoms with Crippen LogP contribution in [-0.2, 0) is 0 Å². The Labute approximate surface area is 122 Å². The van der Waals surface area contributed by atoms with Crippen molar-refractivity contribution < 1.29 is 4.42 Å². The normalized spacial score (nSPS) is 12.7. The molecule has 102 valence electrons. The van der Waals surface area contributed by atoms with Gasteiger partial charge in [-0.1, -0.05) is 48.2 Å². The molecule has 0 amide bonds. The van der Waals surface area contributed by atoms with E-state index in [0.717, 1.165) is 11.1 Å². The number of benzene rings is 2. The second-order valence-corrected chi connectivity index (χ2v) is 5.80. The van der Waals surface area contributed by atoms with E-state index in [0.29, 0.717) is 11.8 Å². The Morgan fingerprint density at radius 2 is 1.90 bits per heavy atom. The molecule has 0 spiro atoms. The molecule has 2 N–H and O–H groups in total. The number of aromatic nitrogens is 1. The number of fused-ring (bicyclic) bond motifs is 1. The van der Waals surface area contributed by atoms with Gasteiger partial charge in [-0.25, -0.2) is 4.98 Å². The maximum atomic E-state index is 5.93. The Hall–Kier alpha value is -1.78. The molecule has 0 aliphatic carbocycles. The van der Waals surface area contributed by atoms with Crippen LogP contribution < -0.4 is 5.73 Å². The van der Waals surface area contributed by atoms with Gasteiger partial charge in [0.2, 0.25) is 0 Å². The molecule has 0 aliphatic heterocycles. The van der Waals surface area contributed by atoms with E-state index >= 15 is 0 Å². The third-order valence-corrected chi connectivity index (χ3v) is 4.37. The molecule has 0 saturated heterocycles. The Balaban J connectivity index is 1.90. The van der Waals surface area contributed by atoms with E-state index < -0.39 is 0 Å². The fourth-order valence-electron chi connectivity index (χ4n) is 2.21. The molecule has 3 rings (SSSR count). The molecule has 4 heteroatoms. The predicted molar refractivity (Wildman–Crippen MR) is 82.8 cm³/mol. The lowest BCUT2D eigenvalue weighted by molar-refractivity contribution is 0.488. The highest BCUT2D eigenvalue weighted by molar-refractivity contribution is 7.99. The van der Waals surface area contributed by atoms with Gasteiger partial charge in [0.05, 0.1) is 5.25 Å². The summed E-state index contributed by atoms with van der Waals surface area (Å²) < 4.78 is 5.76. The first-order valence-corrected chi connectivity index (χ1v) is 7.43. The number of nitrogens with two attached hydrogens (primary N) is 1. The van der Waals surface area contributed by atoms with Crippen LogP contribution in [0.4, 0.5) is 0 Å². The van der Waals surface area contributed by atoms with E-state index in [9.17, 15) is 0 Å². The van der Waals surface area contributed by atoms with E-state index in [4.69, 9.17) is 10.2 Å². The summed E-state index contributed by atoms with van der Waals surface area (Å²) in [7, 11) is 0. The van der Waals surface area contributed by atoms with Crippen molar-refractivity contribution in [2.24, 2.45) is 5.73 Å². The van der Waals surface area contributed by atoms with Gasteiger partial charge in [-0.3, -0.25) is 0 Å². The van der Waals surface area contributed by atoms with E-state index in [1.807, 2.05) is 36.4 Å². The highest BCUT2D eigenvalue weighted by Crippen LogP contribution is 2.36. The summed E-state index contributed by atoms with van der Waals surface area (Å²) in [5, 5.41) is 0.828. The van der Waals surface area contributed by atoms with Crippen LogP contribution in [0.1, 0.15) is 16.4 Å². The van der Waals surface area contributed by atoms with Crippen molar-refractivity contribution in [2.75, 3.05) is 6.54 Å². The summed E-state index contributed by atoms with van der Waals surface area (Å²) in [6, 6.07) is 16.1. The van der Waals surface area contributed by atoms with Gasteiger partial charge >= 0.3 is 0 Å². The van der Waals surface area contributed by atoms with Crippen LogP contribution in [0.3, 0.4) is 0 Å². The first kappa shape index (κ1) is 13.2. The molecule has 3 nitrogen and oxygen atoms in total. The smallest absolute Gasteiger partial charge is 0.257 e. The highest BCUT2D eigenvalue weighted by Gasteiger charge is 2.17. The number of thioether (sulfide) groups is 1. The highest BCUT2D eigenvalue weighted by atomic mass is 32.2. The van der Waals surface area contributed by atoms with Gasteiger partial charge < -0.3 is 10.2 Å². The van der Waals surface area contributed by atoms with Crippen molar-refractivity contribution in [3.8, 4) is 0 Å². The van der Waals surface area contributed by atoms with Gasteiger partial charge in [-0.15, -0.1) is 0 Å². The minimum absolute atomic E-state index is 0.157. The third-order valence-electron chi connectivity index (χ3n) is 3.27. The van der Waals surface area contributed by atoms with Crippen LogP contribution in [0, 0.1) is 6.92 Å². The second kappa shape index (κ2) is 5.69. The molecular weight excluding hydrogens is 268 g/mol. The van der Waals surface area contributed by atoms with Crippen molar-refractivity contribution >= 4 is 22.9 Å². The van der Waals surface area contributed by atoms with Crippen LogP contribution >= 0.6 is 11.8 Å². The van der Waals surface area contributed by atoms with Crippen molar-refractivity contribution in [3.05, 3.63) is 59.7 Å². The van der Waals surface area contributed by atoms with Gasteiger partial charge in [-0.05, 0) is 30.2 Å². The molecule has 0 fully saturated rings. The third kappa shape index (κ3) is 2.57. The maximum absolute atomic E-state index is 5.93. The van der Waals surface area contributed by atoms with Crippen LogP contribution in [0.25, 0.3) is 11.1 Å². The van der Waals surface area contributed by atoms with Crippen molar-refractivity contribution in [2.45, 2.75) is 17.4 Å². The van der Waals surface area contributed by atoms with Gasteiger partial charge in [0, 0.05) is 6.54 Å². The predicted octanol–water partition coefficient (Wildman–Crippen LogP) is 3.93. The largest absolute Gasteiger partial charge is 0.431 e. The van der Waals surface area contributed by atoms with Crippen molar-refractivity contribution in [3.63, 3.8) is 0 Å². The average Bonchev–Trinajstić information content (AvgIpc) is 2.88. The zero-order valence-corrected chi connectivity index (χ0v) is 12.1. The van der Waals surface area contributed by atoms with E-state index in [2.05, 4.69) is 24.0 Å². The Morgan fingerprint density at radius 1 is 1.15 bits per heavy atom. The van der Waals surface area contributed by atoms with Gasteiger partial charge in [-0.2, -0.15) is 0 Å². The summed E-state index contributed by atoms with van der Waals surface area (Å²) in [5.74, 6) is 0. The maximum Gasteiger partial charge on any atom is 0.257 e. The van der Waals surface area contributed by atoms with E-state index in [-0.39, 0.29) is 5.25 Å². The van der Waals surface area contributed by atoms with E-state index in [1.165, 1.54) is 11.1 Å². The number of nitrogens with zero attached hydrogens (tertiary/aromatic N) is 1. The van der Waals surface area contributed by atoms with Crippen molar-refractivity contribution in [1.29, 1.82) is 0 Å². The zero-order valence-electron chi connectivity index (χ0n) is 11.2. The molecule has 0 saturated carbocycles. The fraction of sp³-hybridized carbons (Fsp3) is 0.188. The monoisotopic (exact) mass is 284 g/mol. The topological polar surface area (TPSA) is 52.0 Å². The summed E-state index contributed by atoms with van der Waals surface area (Å²) in [6.45, 7) is 2.65. The molecule has 0 aliphatic rings. The van der Waals surface area contributed by atoms with Crippen molar-refractivity contribution in [1.82, 2.24) is 4.98 Å². The number of hydrogen-bond acceptors (Lipinski definition) is 4. The second-order valence-electron chi connectivity index (χ2n) is 4.65. The molecule has 0 bridgehead atoms. The summed E-state index contributed by atoms with van der Waals surface area (Å²) in [6.07, 6.45) is 0. The first-order valence-electron chi connectivity index (χ1n) is 6.56. The summed E-state index contributed by atoms with van der Waals surface area (Å²) >= 11 is 1.58. The lowest BCUT2D eigenvalue weighted by Gasteiger charge is -2.14. The standard InChI is InChI=1S/C16H16N2OS/c1-11-6-2-3-7-12(11)15(10-17)20-16-18-13-8-4-5-9-14(13)19-16/h2-9,15H,10,17H2,1H3. The molecular formula is C16H16N2OS. The number of para-hydroxylation sites is 2. The summed E-state index contributed by atoms with van der Waals surface area (Å²) in [4.78, 5) is 4.50. The number of rotatable bonds is 4. The molecule has 3 aromatic rings. The SMILES string of the molecule is Cc1ccccc1C(CN)Sc1nc2ccccc2o1. The minimum Gasteiger partial charge on any atom is -0.431 e. The molecule has 20 heavy (non-hydrogen) atoms. The quantitative estimate of drug-likeness (QED) is 0.738. The Bertz CT molecular complexity index is 690. The Kier molecular flexibility index (Phi) is 3.76. The van der Waals surface area contributed by atoms with Gasteiger partial charge in [0.1, 0.15) is 5.52 Å².